The van der Waals surface area contributed by atoms with Gasteiger partial charge in [0.05, 0.1) is 25.0 Å². The molecule has 0 aromatic carbocycles. The van der Waals surface area contributed by atoms with Gasteiger partial charge in [0.1, 0.15) is 6.10 Å². The number of nitriles is 2. The number of carbonyl (C=O) groups excluding carboxylic acids is 1. The van der Waals surface area contributed by atoms with Crippen LogP contribution >= 0.6 is 0 Å². The summed E-state index contributed by atoms with van der Waals surface area (Å²) in [5.74, 6) is 4.95. The highest BCUT2D eigenvalue weighted by atomic mass is 16.6. The van der Waals surface area contributed by atoms with Crippen molar-refractivity contribution in [1.82, 2.24) is 4.90 Å². The first kappa shape index (κ1) is 30.0. The van der Waals surface area contributed by atoms with Crippen molar-refractivity contribution < 1.29 is 9.53 Å². The van der Waals surface area contributed by atoms with Crippen LogP contribution in [0.2, 0.25) is 0 Å². The molecule has 0 aromatic rings. The normalized spacial score (nSPS) is 36.0. The van der Waals surface area contributed by atoms with Crippen molar-refractivity contribution in [2.24, 2.45) is 46.3 Å². The Morgan fingerprint density at radius 1 is 1.03 bits per heavy atom. The van der Waals surface area contributed by atoms with Crippen LogP contribution < -0.4 is 0 Å². The largest absolute Gasteiger partial charge is 0.446 e. The van der Waals surface area contributed by atoms with E-state index in [1.807, 2.05) is 0 Å². The van der Waals surface area contributed by atoms with Crippen molar-refractivity contribution >= 4 is 6.09 Å². The standard InChI is InChI=1S/C34H53N3O2/c1-24(2)9-6-10-25(3)29-13-14-30-28-12-11-26-23-27(39-32(38)37(21-7-19-35)22-8-20-36)15-17-33(26,4)31(28)16-18-34(29,30)5/h11,24-25,27-31H,6-10,12-18,21-23H2,1-5H3/t25-,27+,28-,29-,30+,31-,33+,34-/m1/s1. The minimum absolute atomic E-state index is 0.101. The number of hydrogen-bond donors (Lipinski definition) is 0. The van der Waals surface area contributed by atoms with Crippen LogP contribution in [0.25, 0.3) is 0 Å². The van der Waals surface area contributed by atoms with Crippen LogP contribution in [0, 0.1) is 69.0 Å². The number of allylic oxidation sites excluding steroid dienone is 1. The fourth-order valence-corrected chi connectivity index (χ4v) is 9.63. The summed E-state index contributed by atoms with van der Waals surface area (Å²) in [5.41, 5.74) is 2.26. The van der Waals surface area contributed by atoms with E-state index in [0.717, 1.165) is 54.8 Å². The first-order chi connectivity index (χ1) is 18.6. The SMILES string of the molecule is CC(C)CCC[C@@H](C)[C@H]1CC[C@H]2[C@H]3CC=C4C[C@@H](OC(=O)N(CCC#N)CCC#N)CC[C@]4(C)[C@@H]3CC[C@]12C. The third-order valence-electron chi connectivity index (χ3n) is 11.8. The maximum Gasteiger partial charge on any atom is 0.410 e. The lowest BCUT2D eigenvalue weighted by molar-refractivity contribution is -0.0593. The Labute approximate surface area is 238 Å². The van der Waals surface area contributed by atoms with E-state index in [2.05, 4.69) is 52.8 Å². The molecule has 0 radical (unpaired) electrons. The van der Waals surface area contributed by atoms with E-state index >= 15 is 0 Å². The lowest BCUT2D eigenvalue weighted by Gasteiger charge is -2.58. The van der Waals surface area contributed by atoms with Gasteiger partial charge in [0, 0.05) is 19.5 Å². The van der Waals surface area contributed by atoms with E-state index in [0.29, 0.717) is 18.5 Å². The molecule has 0 saturated heterocycles. The minimum atomic E-state index is -0.365. The molecule has 4 rings (SSSR count). The second-order valence-electron chi connectivity index (χ2n) is 14.3. The zero-order valence-electron chi connectivity index (χ0n) is 25.4. The van der Waals surface area contributed by atoms with E-state index in [4.69, 9.17) is 15.3 Å². The highest BCUT2D eigenvalue weighted by Gasteiger charge is 2.59. The van der Waals surface area contributed by atoms with Gasteiger partial charge >= 0.3 is 6.09 Å². The molecule has 0 spiro atoms. The topological polar surface area (TPSA) is 77.1 Å². The number of amides is 1. The number of rotatable bonds is 10. The van der Waals surface area contributed by atoms with Gasteiger partial charge in [0.15, 0.2) is 0 Å². The van der Waals surface area contributed by atoms with Crippen molar-refractivity contribution in [3.8, 4) is 12.1 Å². The maximum atomic E-state index is 12.9. The molecule has 5 nitrogen and oxygen atoms in total. The van der Waals surface area contributed by atoms with Crippen LogP contribution in [0.5, 0.6) is 0 Å². The summed E-state index contributed by atoms with van der Waals surface area (Å²) in [6, 6.07) is 4.20. The summed E-state index contributed by atoms with van der Waals surface area (Å²) in [6.07, 6.45) is 16.3. The molecular weight excluding hydrogens is 482 g/mol. The first-order valence-electron chi connectivity index (χ1n) is 16.0. The average Bonchev–Trinajstić information content (AvgIpc) is 3.26. The predicted octanol–water partition coefficient (Wildman–Crippen LogP) is 8.66. The van der Waals surface area contributed by atoms with Gasteiger partial charge in [0.2, 0.25) is 0 Å². The van der Waals surface area contributed by atoms with E-state index in [1.165, 1.54) is 61.8 Å². The number of nitrogens with zero attached hydrogens (tertiary/aromatic N) is 3. The number of hydrogen-bond acceptors (Lipinski definition) is 4. The monoisotopic (exact) mass is 535 g/mol. The summed E-state index contributed by atoms with van der Waals surface area (Å²) in [5, 5.41) is 17.9. The molecule has 1 amide bonds. The summed E-state index contributed by atoms with van der Waals surface area (Å²) in [7, 11) is 0. The second kappa shape index (κ2) is 12.7. The van der Waals surface area contributed by atoms with Crippen LogP contribution in [-0.4, -0.2) is 30.2 Å². The van der Waals surface area contributed by atoms with Crippen LogP contribution in [-0.2, 0) is 4.74 Å². The van der Waals surface area contributed by atoms with Crippen molar-refractivity contribution in [1.29, 1.82) is 10.5 Å². The lowest BCUT2D eigenvalue weighted by atomic mass is 9.47. The van der Waals surface area contributed by atoms with Crippen molar-refractivity contribution in [2.75, 3.05) is 13.1 Å². The molecule has 216 valence electrons. The van der Waals surface area contributed by atoms with Crippen molar-refractivity contribution in [2.45, 2.75) is 124 Å². The molecule has 4 aliphatic rings. The zero-order chi connectivity index (χ0) is 28.2. The molecule has 3 fully saturated rings. The quantitative estimate of drug-likeness (QED) is 0.262. The van der Waals surface area contributed by atoms with Gasteiger partial charge in [-0.3, -0.25) is 0 Å². The Balaban J connectivity index is 1.40. The summed E-state index contributed by atoms with van der Waals surface area (Å²) in [4.78, 5) is 14.4. The van der Waals surface area contributed by atoms with Crippen molar-refractivity contribution in [3.05, 3.63) is 11.6 Å². The van der Waals surface area contributed by atoms with E-state index in [-0.39, 0.29) is 30.5 Å². The van der Waals surface area contributed by atoms with E-state index in [1.54, 1.807) is 0 Å². The molecule has 0 aliphatic heterocycles. The van der Waals surface area contributed by atoms with E-state index < -0.39 is 0 Å². The van der Waals surface area contributed by atoms with Gasteiger partial charge in [-0.2, -0.15) is 10.5 Å². The zero-order valence-corrected chi connectivity index (χ0v) is 25.4. The Morgan fingerprint density at radius 2 is 1.74 bits per heavy atom. The van der Waals surface area contributed by atoms with Crippen LogP contribution in [0.15, 0.2) is 11.6 Å². The van der Waals surface area contributed by atoms with Gasteiger partial charge in [-0.05, 0) is 91.3 Å². The molecule has 0 heterocycles. The third-order valence-corrected chi connectivity index (χ3v) is 11.8. The molecule has 0 N–H and O–H groups in total. The highest BCUT2D eigenvalue weighted by molar-refractivity contribution is 5.68. The van der Waals surface area contributed by atoms with Crippen LogP contribution in [0.4, 0.5) is 4.79 Å². The minimum Gasteiger partial charge on any atom is -0.446 e. The van der Waals surface area contributed by atoms with Crippen LogP contribution in [0.3, 0.4) is 0 Å². The summed E-state index contributed by atoms with van der Waals surface area (Å²) in [6.45, 7) is 13.1. The molecule has 0 unspecified atom stereocenters. The lowest BCUT2D eigenvalue weighted by Crippen LogP contribution is -2.51. The molecule has 8 atom stereocenters. The Hall–Kier alpha value is -2.01. The highest BCUT2D eigenvalue weighted by Crippen LogP contribution is 2.67. The van der Waals surface area contributed by atoms with Gasteiger partial charge < -0.3 is 9.64 Å². The van der Waals surface area contributed by atoms with E-state index in [9.17, 15) is 4.79 Å². The predicted molar refractivity (Wildman–Crippen MR) is 155 cm³/mol. The Kier molecular flexibility index (Phi) is 9.73. The number of fused-ring (bicyclic) bond motifs is 5. The van der Waals surface area contributed by atoms with Gasteiger partial charge in [-0.1, -0.05) is 65.5 Å². The van der Waals surface area contributed by atoms with Gasteiger partial charge in [-0.25, -0.2) is 4.79 Å². The van der Waals surface area contributed by atoms with Crippen LogP contribution in [0.1, 0.15) is 118 Å². The second-order valence-corrected chi connectivity index (χ2v) is 14.3. The molecular formula is C34H53N3O2. The Morgan fingerprint density at radius 3 is 2.41 bits per heavy atom. The number of ether oxygens (including phenoxy) is 1. The van der Waals surface area contributed by atoms with Gasteiger partial charge in [-0.15, -0.1) is 0 Å². The smallest absolute Gasteiger partial charge is 0.410 e. The summed E-state index contributed by atoms with van der Waals surface area (Å²) < 4.78 is 5.98. The molecule has 4 aliphatic carbocycles. The third kappa shape index (κ3) is 6.19. The molecule has 0 bridgehead atoms. The molecule has 39 heavy (non-hydrogen) atoms. The first-order valence-corrected chi connectivity index (χ1v) is 16.0. The maximum absolute atomic E-state index is 12.9. The molecule has 3 saturated carbocycles. The van der Waals surface area contributed by atoms with Crippen molar-refractivity contribution in [3.63, 3.8) is 0 Å². The molecule has 5 heteroatoms. The van der Waals surface area contributed by atoms with Gasteiger partial charge in [0.25, 0.3) is 0 Å². The summed E-state index contributed by atoms with van der Waals surface area (Å²) >= 11 is 0. The number of carbonyl (C=O) groups is 1. The fourth-order valence-electron chi connectivity index (χ4n) is 9.63. The fraction of sp³-hybridized carbons (Fsp3) is 0.853. The average molecular weight is 536 g/mol. The Bertz CT molecular complexity index is 958. The molecule has 0 aromatic heterocycles.